The normalized spacial score (nSPS) is 10.6. The molecule has 23 heavy (non-hydrogen) atoms. The van der Waals surface area contributed by atoms with Gasteiger partial charge in [-0.05, 0) is 40.2 Å². The molecule has 2 heterocycles. The molecule has 0 bridgehead atoms. The number of ether oxygens (including phenoxy) is 2. The van der Waals surface area contributed by atoms with Crippen molar-refractivity contribution in [2.75, 3.05) is 14.2 Å². The molecular weight excluding hydrogens is 380 g/mol. The SMILES string of the molecule is COc1cc(Br)c(-c2csc(-n3cccc3C=O)n2)cc1OC. The summed E-state index contributed by atoms with van der Waals surface area (Å²) in [4.78, 5) is 15.7. The van der Waals surface area contributed by atoms with Gasteiger partial charge in [0.2, 0.25) is 0 Å². The van der Waals surface area contributed by atoms with Crippen molar-refractivity contribution in [1.29, 1.82) is 0 Å². The topological polar surface area (TPSA) is 53.4 Å². The van der Waals surface area contributed by atoms with Gasteiger partial charge in [0.05, 0.1) is 25.6 Å². The number of nitrogens with zero attached hydrogens (tertiary/aromatic N) is 2. The molecule has 7 heteroatoms. The summed E-state index contributed by atoms with van der Waals surface area (Å²) >= 11 is 5.00. The van der Waals surface area contributed by atoms with E-state index in [4.69, 9.17) is 9.47 Å². The number of rotatable bonds is 5. The summed E-state index contributed by atoms with van der Waals surface area (Å²) in [5.74, 6) is 1.28. The van der Waals surface area contributed by atoms with Gasteiger partial charge >= 0.3 is 0 Å². The zero-order chi connectivity index (χ0) is 16.4. The first-order valence-corrected chi connectivity index (χ1v) is 8.35. The highest BCUT2D eigenvalue weighted by molar-refractivity contribution is 9.10. The number of hydrogen-bond donors (Lipinski definition) is 0. The highest BCUT2D eigenvalue weighted by atomic mass is 79.9. The molecule has 0 aliphatic rings. The first-order chi connectivity index (χ1) is 11.2. The summed E-state index contributed by atoms with van der Waals surface area (Å²) < 4.78 is 13.3. The van der Waals surface area contributed by atoms with Gasteiger partial charge in [-0.25, -0.2) is 4.98 Å². The van der Waals surface area contributed by atoms with Crippen LogP contribution in [0.15, 0.2) is 40.3 Å². The van der Waals surface area contributed by atoms with Crippen LogP contribution in [0.2, 0.25) is 0 Å². The summed E-state index contributed by atoms with van der Waals surface area (Å²) in [6, 6.07) is 7.29. The first-order valence-electron chi connectivity index (χ1n) is 6.68. The standard InChI is InChI=1S/C16H13BrN2O3S/c1-21-14-6-11(12(17)7-15(14)22-2)13-9-23-16(18-13)19-5-3-4-10(19)8-20/h3-9H,1-2H3. The van der Waals surface area contributed by atoms with E-state index in [1.54, 1.807) is 24.9 Å². The molecule has 0 aliphatic carbocycles. The van der Waals surface area contributed by atoms with Gasteiger partial charge in [0.1, 0.15) is 0 Å². The van der Waals surface area contributed by atoms with Crippen molar-refractivity contribution in [3.63, 3.8) is 0 Å². The van der Waals surface area contributed by atoms with Crippen molar-refractivity contribution in [2.24, 2.45) is 0 Å². The highest BCUT2D eigenvalue weighted by Gasteiger charge is 2.15. The minimum Gasteiger partial charge on any atom is -0.493 e. The number of carbonyl (C=O) groups excluding carboxylic acids is 1. The van der Waals surface area contributed by atoms with E-state index in [2.05, 4.69) is 20.9 Å². The van der Waals surface area contributed by atoms with Crippen molar-refractivity contribution in [3.8, 4) is 27.9 Å². The second-order valence-electron chi connectivity index (χ2n) is 4.62. The molecule has 0 atom stereocenters. The van der Waals surface area contributed by atoms with Gasteiger partial charge in [-0.3, -0.25) is 9.36 Å². The Balaban J connectivity index is 2.05. The predicted octanol–water partition coefficient (Wildman–Crippen LogP) is 4.19. The van der Waals surface area contributed by atoms with Crippen LogP contribution in [-0.2, 0) is 0 Å². The third-order valence-electron chi connectivity index (χ3n) is 3.35. The number of halogens is 1. The Labute approximate surface area is 145 Å². The third-order valence-corrected chi connectivity index (χ3v) is 4.84. The van der Waals surface area contributed by atoms with E-state index in [0.29, 0.717) is 17.2 Å². The van der Waals surface area contributed by atoms with Crippen molar-refractivity contribution >= 4 is 33.6 Å². The predicted molar refractivity (Wildman–Crippen MR) is 93.1 cm³/mol. The summed E-state index contributed by atoms with van der Waals surface area (Å²) in [6.07, 6.45) is 2.63. The minimum absolute atomic E-state index is 0.567. The molecule has 0 fully saturated rings. The molecule has 3 aromatic rings. The number of methoxy groups -OCH3 is 2. The summed E-state index contributed by atoms with van der Waals surface area (Å²) in [7, 11) is 3.19. The lowest BCUT2D eigenvalue weighted by atomic mass is 10.1. The van der Waals surface area contributed by atoms with Gasteiger partial charge in [0.25, 0.3) is 0 Å². The molecule has 5 nitrogen and oxygen atoms in total. The van der Waals surface area contributed by atoms with Crippen LogP contribution in [0.5, 0.6) is 11.5 Å². The number of carbonyl (C=O) groups is 1. The maximum Gasteiger partial charge on any atom is 0.194 e. The lowest BCUT2D eigenvalue weighted by Crippen LogP contribution is -1.97. The maximum atomic E-state index is 11.1. The molecular formula is C16H13BrN2O3S. The van der Waals surface area contributed by atoms with Crippen LogP contribution in [0.4, 0.5) is 0 Å². The van der Waals surface area contributed by atoms with E-state index in [1.807, 2.05) is 29.8 Å². The summed E-state index contributed by atoms with van der Waals surface area (Å²) in [6.45, 7) is 0. The Morgan fingerprint density at radius 2 is 2.00 bits per heavy atom. The van der Waals surface area contributed by atoms with Crippen LogP contribution < -0.4 is 9.47 Å². The molecule has 0 radical (unpaired) electrons. The Bertz CT molecular complexity index is 857. The van der Waals surface area contributed by atoms with Crippen LogP contribution in [0, 0.1) is 0 Å². The monoisotopic (exact) mass is 392 g/mol. The Hall–Kier alpha value is -2.12. The van der Waals surface area contributed by atoms with Gasteiger partial charge in [0.15, 0.2) is 22.9 Å². The smallest absolute Gasteiger partial charge is 0.194 e. The third kappa shape index (κ3) is 2.89. The molecule has 0 N–H and O–H groups in total. The van der Waals surface area contributed by atoms with Crippen molar-refractivity contribution < 1.29 is 14.3 Å². The van der Waals surface area contributed by atoms with Gasteiger partial charge in [0, 0.05) is 21.6 Å². The zero-order valence-corrected chi connectivity index (χ0v) is 14.8. The number of aldehydes is 1. The molecule has 0 aliphatic heterocycles. The number of hydrogen-bond acceptors (Lipinski definition) is 5. The fourth-order valence-corrected chi connectivity index (χ4v) is 3.57. The van der Waals surface area contributed by atoms with E-state index >= 15 is 0 Å². The largest absolute Gasteiger partial charge is 0.493 e. The zero-order valence-electron chi connectivity index (χ0n) is 12.4. The maximum absolute atomic E-state index is 11.1. The van der Waals surface area contributed by atoms with Crippen LogP contribution in [0.3, 0.4) is 0 Å². The van der Waals surface area contributed by atoms with E-state index in [9.17, 15) is 4.79 Å². The lowest BCUT2D eigenvalue weighted by molar-refractivity contribution is 0.111. The minimum atomic E-state index is 0.567. The van der Waals surface area contributed by atoms with Gasteiger partial charge in [-0.2, -0.15) is 0 Å². The highest BCUT2D eigenvalue weighted by Crippen LogP contribution is 2.39. The Morgan fingerprint density at radius 3 is 2.70 bits per heavy atom. The Kier molecular flexibility index (Phi) is 4.49. The average molecular weight is 393 g/mol. The van der Waals surface area contributed by atoms with Crippen molar-refractivity contribution in [2.45, 2.75) is 0 Å². The second-order valence-corrected chi connectivity index (χ2v) is 6.31. The van der Waals surface area contributed by atoms with Crippen molar-refractivity contribution in [3.05, 3.63) is 46.0 Å². The molecule has 2 aromatic heterocycles. The summed E-state index contributed by atoms with van der Waals surface area (Å²) in [5.41, 5.74) is 2.26. The molecule has 0 amide bonds. The van der Waals surface area contributed by atoms with Gasteiger partial charge in [-0.1, -0.05) is 0 Å². The van der Waals surface area contributed by atoms with Crippen LogP contribution in [0.25, 0.3) is 16.4 Å². The average Bonchev–Trinajstić information content (AvgIpc) is 3.22. The molecule has 0 saturated heterocycles. The van der Waals surface area contributed by atoms with Gasteiger partial charge in [-0.15, -0.1) is 11.3 Å². The fraction of sp³-hybridized carbons (Fsp3) is 0.125. The van der Waals surface area contributed by atoms with E-state index in [-0.39, 0.29) is 0 Å². The Morgan fingerprint density at radius 1 is 1.26 bits per heavy atom. The van der Waals surface area contributed by atoms with E-state index < -0.39 is 0 Å². The van der Waals surface area contributed by atoms with Crippen molar-refractivity contribution in [1.82, 2.24) is 9.55 Å². The number of benzene rings is 1. The van der Waals surface area contributed by atoms with Crippen LogP contribution in [0.1, 0.15) is 10.5 Å². The molecule has 1 aromatic carbocycles. The van der Waals surface area contributed by atoms with Gasteiger partial charge < -0.3 is 9.47 Å². The molecule has 0 spiro atoms. The van der Waals surface area contributed by atoms with Crippen LogP contribution >= 0.6 is 27.3 Å². The number of thiazole rings is 1. The molecule has 0 unspecified atom stereocenters. The quantitative estimate of drug-likeness (QED) is 0.610. The molecule has 0 saturated carbocycles. The van der Waals surface area contributed by atoms with E-state index in [0.717, 1.165) is 27.1 Å². The molecule has 3 rings (SSSR count). The van der Waals surface area contributed by atoms with Crippen LogP contribution in [-0.4, -0.2) is 30.1 Å². The lowest BCUT2D eigenvalue weighted by Gasteiger charge is -2.10. The second kappa shape index (κ2) is 6.55. The fourth-order valence-electron chi connectivity index (χ4n) is 2.21. The first kappa shape index (κ1) is 15.8. The number of aromatic nitrogens is 2. The summed E-state index contributed by atoms with van der Waals surface area (Å²) in [5, 5.41) is 2.67. The van der Waals surface area contributed by atoms with E-state index in [1.165, 1.54) is 11.3 Å². The molecule has 118 valence electrons.